The zero-order valence-corrected chi connectivity index (χ0v) is 20.7. The number of aromatic nitrogens is 1. The molecule has 1 unspecified atom stereocenters. The molecule has 190 valence electrons. The third-order valence-corrected chi connectivity index (χ3v) is 6.88. The molecule has 9 heteroatoms. The number of rotatable bonds is 10. The summed E-state index contributed by atoms with van der Waals surface area (Å²) in [6, 6.07) is 12.5. The molecule has 0 bridgehead atoms. The highest BCUT2D eigenvalue weighted by atomic mass is 16.5. The molecule has 1 saturated carbocycles. The standard InChI is InChI=1S/C27H32N4O5/c1-3-19-10-12-21(13-11-19)31(25(33)15-14-24(32)29-23-17-18(2)36-30-23)27(26(28)34,20-7-4-5-8-20)22-9-6-16-35-22/h6,9-13,16-17,20H,3-5,7-8,14-15H2,1-2H3,(H2,28,34)(H,29,30,32). The monoisotopic (exact) mass is 492 g/mol. The Morgan fingerprint density at radius 1 is 1.14 bits per heavy atom. The van der Waals surface area contributed by atoms with E-state index in [1.165, 1.54) is 11.2 Å². The number of nitrogens with two attached hydrogens (primary N) is 1. The van der Waals surface area contributed by atoms with Crippen molar-refractivity contribution in [3.63, 3.8) is 0 Å². The van der Waals surface area contributed by atoms with E-state index in [1.807, 2.05) is 31.2 Å². The molecule has 1 atom stereocenters. The molecule has 1 aromatic carbocycles. The van der Waals surface area contributed by atoms with E-state index in [-0.39, 0.29) is 30.5 Å². The molecule has 1 aliphatic carbocycles. The molecule has 0 spiro atoms. The number of aryl methyl sites for hydroxylation is 2. The number of carbonyl (C=O) groups excluding carboxylic acids is 3. The Balaban J connectivity index is 1.71. The predicted octanol–water partition coefficient (Wildman–Crippen LogP) is 4.46. The Labute approximate surface area is 210 Å². The summed E-state index contributed by atoms with van der Waals surface area (Å²) >= 11 is 0. The molecule has 0 saturated heterocycles. The Hall–Kier alpha value is -3.88. The van der Waals surface area contributed by atoms with Gasteiger partial charge in [-0.1, -0.05) is 37.1 Å². The molecule has 1 aliphatic rings. The Morgan fingerprint density at radius 3 is 2.42 bits per heavy atom. The summed E-state index contributed by atoms with van der Waals surface area (Å²) in [6.45, 7) is 3.76. The third kappa shape index (κ3) is 4.91. The second-order valence-corrected chi connectivity index (χ2v) is 9.21. The fourth-order valence-electron chi connectivity index (χ4n) is 5.15. The maximum Gasteiger partial charge on any atom is 0.252 e. The maximum absolute atomic E-state index is 13.9. The summed E-state index contributed by atoms with van der Waals surface area (Å²) in [7, 11) is 0. The van der Waals surface area contributed by atoms with Crippen molar-refractivity contribution in [2.75, 3.05) is 10.2 Å². The minimum absolute atomic E-state index is 0.105. The van der Waals surface area contributed by atoms with Crippen molar-refractivity contribution in [2.24, 2.45) is 11.7 Å². The van der Waals surface area contributed by atoms with Crippen LogP contribution in [0.1, 0.15) is 62.5 Å². The van der Waals surface area contributed by atoms with Gasteiger partial charge in [-0.15, -0.1) is 0 Å². The SMILES string of the molecule is CCc1ccc(N(C(=O)CCC(=O)Nc2cc(C)on2)C(C(N)=O)(c2ccco2)C2CCCC2)cc1. The van der Waals surface area contributed by atoms with Gasteiger partial charge >= 0.3 is 0 Å². The van der Waals surface area contributed by atoms with E-state index in [4.69, 9.17) is 14.7 Å². The number of amides is 3. The van der Waals surface area contributed by atoms with Crippen LogP contribution < -0.4 is 16.0 Å². The first-order valence-electron chi connectivity index (χ1n) is 12.3. The average molecular weight is 493 g/mol. The minimum Gasteiger partial charge on any atom is -0.466 e. The fourth-order valence-corrected chi connectivity index (χ4v) is 5.15. The first-order valence-corrected chi connectivity index (χ1v) is 12.3. The van der Waals surface area contributed by atoms with Crippen LogP contribution >= 0.6 is 0 Å². The van der Waals surface area contributed by atoms with Gasteiger partial charge in [-0.3, -0.25) is 19.3 Å². The highest BCUT2D eigenvalue weighted by Gasteiger charge is 2.55. The van der Waals surface area contributed by atoms with Crippen LogP contribution in [0.2, 0.25) is 0 Å². The number of carbonyl (C=O) groups is 3. The summed E-state index contributed by atoms with van der Waals surface area (Å²) in [6.07, 6.45) is 5.38. The fraction of sp³-hybridized carbons (Fsp3) is 0.407. The van der Waals surface area contributed by atoms with Crippen LogP contribution in [0.4, 0.5) is 11.5 Å². The van der Waals surface area contributed by atoms with Crippen molar-refractivity contribution in [1.82, 2.24) is 5.16 Å². The molecule has 4 rings (SSSR count). The number of hydrogen-bond donors (Lipinski definition) is 2. The van der Waals surface area contributed by atoms with Gasteiger partial charge in [-0.2, -0.15) is 0 Å². The topological polar surface area (TPSA) is 132 Å². The molecule has 3 amide bonds. The zero-order valence-electron chi connectivity index (χ0n) is 20.7. The average Bonchev–Trinajstić information content (AvgIpc) is 3.65. The summed E-state index contributed by atoms with van der Waals surface area (Å²) in [4.78, 5) is 41.4. The molecule has 1 fully saturated rings. The lowest BCUT2D eigenvalue weighted by Crippen LogP contribution is -2.61. The molecular weight excluding hydrogens is 460 g/mol. The van der Waals surface area contributed by atoms with Gasteiger partial charge in [0.25, 0.3) is 5.91 Å². The van der Waals surface area contributed by atoms with Crippen molar-refractivity contribution < 1.29 is 23.3 Å². The largest absolute Gasteiger partial charge is 0.466 e. The van der Waals surface area contributed by atoms with Gasteiger partial charge in [0.1, 0.15) is 11.5 Å². The Morgan fingerprint density at radius 2 is 1.86 bits per heavy atom. The van der Waals surface area contributed by atoms with Crippen molar-refractivity contribution in [1.29, 1.82) is 0 Å². The first kappa shape index (κ1) is 25.2. The van der Waals surface area contributed by atoms with Crippen LogP contribution in [0.25, 0.3) is 0 Å². The number of furan rings is 1. The molecule has 0 aliphatic heterocycles. The molecule has 0 radical (unpaired) electrons. The van der Waals surface area contributed by atoms with Gasteiger partial charge in [0.2, 0.25) is 11.8 Å². The number of nitrogens with one attached hydrogen (secondary N) is 1. The van der Waals surface area contributed by atoms with E-state index in [0.717, 1.165) is 37.7 Å². The van der Waals surface area contributed by atoms with Gasteiger partial charge in [-0.05, 0) is 61.9 Å². The maximum atomic E-state index is 13.9. The smallest absolute Gasteiger partial charge is 0.252 e. The number of hydrogen-bond acceptors (Lipinski definition) is 6. The van der Waals surface area contributed by atoms with Crippen molar-refractivity contribution >= 4 is 29.2 Å². The molecule has 36 heavy (non-hydrogen) atoms. The molecular formula is C27H32N4O5. The molecule has 3 aromatic rings. The van der Waals surface area contributed by atoms with Crippen LogP contribution in [0.15, 0.2) is 57.7 Å². The summed E-state index contributed by atoms with van der Waals surface area (Å²) in [5, 5.41) is 6.39. The van der Waals surface area contributed by atoms with E-state index < -0.39 is 17.4 Å². The molecule has 3 N–H and O–H groups in total. The Bertz CT molecular complexity index is 1200. The lowest BCUT2D eigenvalue weighted by molar-refractivity contribution is -0.132. The molecule has 2 heterocycles. The summed E-state index contributed by atoms with van der Waals surface area (Å²) in [5.41, 5.74) is 6.26. The van der Waals surface area contributed by atoms with Crippen LogP contribution in [0.5, 0.6) is 0 Å². The number of nitrogens with zero attached hydrogens (tertiary/aromatic N) is 2. The van der Waals surface area contributed by atoms with Gasteiger partial charge in [0, 0.05) is 24.6 Å². The van der Waals surface area contributed by atoms with Crippen LogP contribution in [-0.4, -0.2) is 22.9 Å². The minimum atomic E-state index is -1.51. The molecule has 2 aromatic heterocycles. The van der Waals surface area contributed by atoms with Gasteiger partial charge in [0.15, 0.2) is 11.4 Å². The van der Waals surface area contributed by atoms with E-state index >= 15 is 0 Å². The molecule has 9 nitrogen and oxygen atoms in total. The van der Waals surface area contributed by atoms with E-state index in [0.29, 0.717) is 17.2 Å². The van der Waals surface area contributed by atoms with E-state index in [9.17, 15) is 14.4 Å². The Kier molecular flexibility index (Phi) is 7.57. The third-order valence-electron chi connectivity index (χ3n) is 6.88. The lowest BCUT2D eigenvalue weighted by atomic mass is 9.77. The number of benzene rings is 1. The van der Waals surface area contributed by atoms with E-state index in [1.54, 1.807) is 25.1 Å². The number of primary amides is 1. The second kappa shape index (κ2) is 10.8. The van der Waals surface area contributed by atoms with Crippen molar-refractivity contribution in [3.05, 3.63) is 65.8 Å². The lowest BCUT2D eigenvalue weighted by Gasteiger charge is -2.44. The highest BCUT2D eigenvalue weighted by Crippen LogP contribution is 2.47. The quantitative estimate of drug-likeness (QED) is 0.429. The predicted molar refractivity (Wildman–Crippen MR) is 134 cm³/mol. The second-order valence-electron chi connectivity index (χ2n) is 9.21. The summed E-state index contributed by atoms with van der Waals surface area (Å²) < 4.78 is 10.8. The van der Waals surface area contributed by atoms with Crippen LogP contribution in [-0.2, 0) is 26.3 Å². The zero-order chi connectivity index (χ0) is 25.7. The van der Waals surface area contributed by atoms with Crippen molar-refractivity contribution in [2.45, 2.75) is 64.3 Å². The van der Waals surface area contributed by atoms with Gasteiger partial charge < -0.3 is 20.0 Å². The van der Waals surface area contributed by atoms with Gasteiger partial charge in [-0.25, -0.2) is 0 Å². The first-order chi connectivity index (χ1) is 17.4. The van der Waals surface area contributed by atoms with Gasteiger partial charge in [0.05, 0.1) is 6.26 Å². The number of anilines is 2. The highest BCUT2D eigenvalue weighted by molar-refractivity contribution is 6.05. The summed E-state index contributed by atoms with van der Waals surface area (Å²) in [5.74, 6) is -0.483. The van der Waals surface area contributed by atoms with Crippen LogP contribution in [0, 0.1) is 12.8 Å². The van der Waals surface area contributed by atoms with Crippen molar-refractivity contribution in [3.8, 4) is 0 Å². The van der Waals surface area contributed by atoms with Crippen LogP contribution in [0.3, 0.4) is 0 Å². The van der Waals surface area contributed by atoms with E-state index in [2.05, 4.69) is 10.5 Å². The normalized spacial score (nSPS) is 15.4.